The van der Waals surface area contributed by atoms with Crippen LogP contribution in [-0.4, -0.2) is 72.3 Å². The Morgan fingerprint density at radius 3 is 1.32 bits per heavy atom. The Balaban J connectivity index is 2.12. The average Bonchev–Trinajstić information content (AvgIpc) is 2.93. The fourth-order valence-corrected chi connectivity index (χ4v) is 4.21. The second-order valence-corrected chi connectivity index (χ2v) is 8.19. The Morgan fingerprint density at radius 1 is 0.703 bits per heavy atom. The van der Waals surface area contributed by atoms with Crippen LogP contribution in [0.1, 0.15) is 24.5 Å². The molecule has 0 atom stereocenters. The van der Waals surface area contributed by atoms with E-state index in [-0.39, 0.29) is 24.8 Å². The molecule has 3 rings (SSSR count). The van der Waals surface area contributed by atoms with Gasteiger partial charge in [-0.15, -0.1) is 0 Å². The lowest BCUT2D eigenvalue weighted by molar-refractivity contribution is -0.131. The zero-order valence-electron chi connectivity index (χ0n) is 22.3. The highest BCUT2D eigenvalue weighted by Crippen LogP contribution is 2.40. The summed E-state index contributed by atoms with van der Waals surface area (Å²) >= 11 is 0. The Kier molecular flexibility index (Phi) is 9.05. The van der Waals surface area contributed by atoms with Gasteiger partial charge in [-0.3, -0.25) is 9.59 Å². The highest BCUT2D eigenvalue weighted by Gasteiger charge is 2.29. The highest BCUT2D eigenvalue weighted by atomic mass is 16.5. The molecule has 0 spiro atoms. The van der Waals surface area contributed by atoms with Crippen molar-refractivity contribution in [3.05, 3.63) is 46.5 Å². The minimum absolute atomic E-state index is 0.0564. The van der Waals surface area contributed by atoms with Crippen LogP contribution in [0.3, 0.4) is 0 Å². The number of hydrogen-bond donors (Lipinski definition) is 0. The predicted octanol–water partition coefficient (Wildman–Crippen LogP) is 4.03. The Bertz CT molecular complexity index is 1100. The van der Waals surface area contributed by atoms with E-state index in [0.717, 1.165) is 0 Å². The maximum atomic E-state index is 13.6. The number of rotatable bonds is 9. The summed E-state index contributed by atoms with van der Waals surface area (Å²) in [4.78, 5) is 28.0. The largest absolute Gasteiger partial charge is 0.493 e. The van der Waals surface area contributed by atoms with Gasteiger partial charge in [-0.1, -0.05) is 6.92 Å². The molecule has 1 fully saturated rings. The summed E-state index contributed by atoms with van der Waals surface area (Å²) in [5, 5.41) is 0. The molecular weight excluding hydrogens is 478 g/mol. The van der Waals surface area contributed by atoms with E-state index in [1.165, 1.54) is 42.7 Å². The molecule has 9 heteroatoms. The SMILES string of the molecule is CCC(=O)N1C/C(=C\c2cc(OC)c(OC)c(OC)c2)C(=O)/C(=C/c2cc(OC)c(OC)c(OC)c2)C1. The van der Waals surface area contributed by atoms with Gasteiger partial charge in [0.2, 0.25) is 17.4 Å². The molecule has 9 nitrogen and oxygen atoms in total. The molecule has 0 aliphatic carbocycles. The van der Waals surface area contributed by atoms with Crippen LogP contribution in [0.5, 0.6) is 34.5 Å². The first kappa shape index (κ1) is 27.4. The molecular formula is C28H33NO8. The zero-order valence-corrected chi connectivity index (χ0v) is 22.3. The molecule has 2 aromatic carbocycles. The van der Waals surface area contributed by atoms with E-state index in [4.69, 9.17) is 28.4 Å². The number of likely N-dealkylation sites (tertiary alicyclic amines) is 1. The van der Waals surface area contributed by atoms with Crippen LogP contribution < -0.4 is 28.4 Å². The van der Waals surface area contributed by atoms with Gasteiger partial charge in [-0.25, -0.2) is 0 Å². The number of carbonyl (C=O) groups is 2. The van der Waals surface area contributed by atoms with E-state index in [9.17, 15) is 9.59 Å². The summed E-state index contributed by atoms with van der Waals surface area (Å²) in [7, 11) is 9.16. The van der Waals surface area contributed by atoms with Gasteiger partial charge in [0.25, 0.3) is 0 Å². The molecule has 0 unspecified atom stereocenters. The van der Waals surface area contributed by atoms with Crippen molar-refractivity contribution in [1.29, 1.82) is 0 Å². The van der Waals surface area contributed by atoms with Gasteiger partial charge in [-0.2, -0.15) is 0 Å². The number of amides is 1. The number of piperidine rings is 1. The van der Waals surface area contributed by atoms with Crippen LogP contribution in [0, 0.1) is 0 Å². The maximum Gasteiger partial charge on any atom is 0.222 e. The number of methoxy groups -OCH3 is 6. The minimum Gasteiger partial charge on any atom is -0.493 e. The average molecular weight is 512 g/mol. The number of hydrogen-bond acceptors (Lipinski definition) is 8. The molecule has 1 aliphatic rings. The third-order valence-electron chi connectivity index (χ3n) is 6.02. The van der Waals surface area contributed by atoms with E-state index in [1.54, 1.807) is 48.2 Å². The molecule has 1 saturated heterocycles. The predicted molar refractivity (Wildman–Crippen MR) is 140 cm³/mol. The normalized spacial score (nSPS) is 15.5. The standard InChI is InChI=1S/C28H33NO8/c1-8-25(30)29-15-19(9-17-11-21(32-2)27(36-6)22(12-17)33-3)26(31)20(16-29)10-18-13-23(34-4)28(37-7)24(14-18)35-5/h9-14H,8,15-16H2,1-7H3/b19-9+,20-10+. The van der Waals surface area contributed by atoms with Gasteiger partial charge in [0.15, 0.2) is 28.8 Å². The van der Waals surface area contributed by atoms with Crippen molar-refractivity contribution in [2.24, 2.45) is 0 Å². The lowest BCUT2D eigenvalue weighted by Gasteiger charge is -2.30. The molecule has 1 heterocycles. The summed E-state index contributed by atoms with van der Waals surface area (Å²) in [6, 6.07) is 7.02. The van der Waals surface area contributed by atoms with Crippen molar-refractivity contribution >= 4 is 23.8 Å². The van der Waals surface area contributed by atoms with E-state index in [1.807, 2.05) is 0 Å². The Morgan fingerprint density at radius 2 is 1.05 bits per heavy atom. The monoisotopic (exact) mass is 511 g/mol. The van der Waals surface area contributed by atoms with E-state index in [2.05, 4.69) is 0 Å². The second-order valence-electron chi connectivity index (χ2n) is 8.19. The molecule has 198 valence electrons. The molecule has 1 amide bonds. The zero-order chi connectivity index (χ0) is 27.1. The fraction of sp³-hybridized carbons (Fsp3) is 0.357. The molecule has 2 aromatic rings. The summed E-state index contributed by atoms with van der Waals surface area (Å²) in [6.45, 7) is 2.17. The first-order valence-corrected chi connectivity index (χ1v) is 11.7. The number of ether oxygens (including phenoxy) is 6. The molecule has 37 heavy (non-hydrogen) atoms. The topological polar surface area (TPSA) is 92.8 Å². The van der Waals surface area contributed by atoms with E-state index >= 15 is 0 Å². The molecule has 0 bridgehead atoms. The summed E-state index contributed by atoms with van der Waals surface area (Å²) < 4.78 is 32.6. The van der Waals surface area contributed by atoms with Crippen LogP contribution in [0.2, 0.25) is 0 Å². The smallest absolute Gasteiger partial charge is 0.222 e. The van der Waals surface area contributed by atoms with Gasteiger partial charge in [-0.05, 0) is 47.5 Å². The van der Waals surface area contributed by atoms with Crippen molar-refractivity contribution in [2.45, 2.75) is 13.3 Å². The van der Waals surface area contributed by atoms with Gasteiger partial charge in [0.1, 0.15) is 0 Å². The minimum atomic E-state index is -0.164. The molecule has 0 radical (unpaired) electrons. The third kappa shape index (κ3) is 5.82. The lowest BCUT2D eigenvalue weighted by Crippen LogP contribution is -2.41. The molecule has 0 saturated carbocycles. The third-order valence-corrected chi connectivity index (χ3v) is 6.02. The lowest BCUT2D eigenvalue weighted by atomic mass is 9.93. The van der Waals surface area contributed by atoms with Crippen molar-refractivity contribution < 1.29 is 38.0 Å². The van der Waals surface area contributed by atoms with Crippen LogP contribution in [0.15, 0.2) is 35.4 Å². The number of benzene rings is 2. The first-order chi connectivity index (χ1) is 17.8. The number of carbonyl (C=O) groups excluding carboxylic acids is 2. The van der Waals surface area contributed by atoms with Gasteiger partial charge >= 0.3 is 0 Å². The van der Waals surface area contributed by atoms with E-state index < -0.39 is 0 Å². The first-order valence-electron chi connectivity index (χ1n) is 11.7. The molecule has 0 aromatic heterocycles. The Labute approximate surface area is 217 Å². The summed E-state index contributed by atoms with van der Waals surface area (Å²) in [6.07, 6.45) is 3.80. The van der Waals surface area contributed by atoms with E-state index in [0.29, 0.717) is 63.2 Å². The maximum absolute atomic E-state index is 13.6. The van der Waals surface area contributed by atoms with Crippen LogP contribution >= 0.6 is 0 Å². The van der Waals surface area contributed by atoms with Crippen molar-refractivity contribution in [2.75, 3.05) is 55.7 Å². The summed E-state index contributed by atoms with van der Waals surface area (Å²) in [5.41, 5.74) is 2.27. The quantitative estimate of drug-likeness (QED) is 0.466. The highest BCUT2D eigenvalue weighted by molar-refractivity contribution is 6.15. The van der Waals surface area contributed by atoms with Crippen LogP contribution in [-0.2, 0) is 9.59 Å². The van der Waals surface area contributed by atoms with Crippen molar-refractivity contribution in [1.82, 2.24) is 4.90 Å². The molecule has 0 N–H and O–H groups in total. The Hall–Kier alpha value is -4.14. The fourth-order valence-electron chi connectivity index (χ4n) is 4.21. The van der Waals surface area contributed by atoms with Gasteiger partial charge < -0.3 is 33.3 Å². The number of nitrogens with zero attached hydrogens (tertiary/aromatic N) is 1. The van der Waals surface area contributed by atoms with Crippen molar-refractivity contribution in [3.63, 3.8) is 0 Å². The van der Waals surface area contributed by atoms with Gasteiger partial charge in [0.05, 0.1) is 42.7 Å². The summed E-state index contributed by atoms with van der Waals surface area (Å²) in [5.74, 6) is 2.54. The number of Topliss-reactive ketones (excluding diaryl/α,β-unsaturated/α-hetero) is 1. The van der Waals surface area contributed by atoms with Gasteiger partial charge in [0, 0.05) is 30.7 Å². The molecule has 1 aliphatic heterocycles. The number of ketones is 1. The van der Waals surface area contributed by atoms with Crippen molar-refractivity contribution in [3.8, 4) is 34.5 Å². The van der Waals surface area contributed by atoms with Crippen LogP contribution in [0.25, 0.3) is 12.2 Å². The second kappa shape index (κ2) is 12.2. The van der Waals surface area contributed by atoms with Crippen LogP contribution in [0.4, 0.5) is 0 Å².